The second-order valence-corrected chi connectivity index (χ2v) is 9.64. The average Bonchev–Trinajstić information content (AvgIpc) is 2.93. The van der Waals surface area contributed by atoms with Crippen LogP contribution in [0.5, 0.6) is 0 Å². The molecule has 2 unspecified atom stereocenters. The van der Waals surface area contributed by atoms with Crippen LogP contribution in [0.1, 0.15) is 32.8 Å². The third-order valence-electron chi connectivity index (χ3n) is 5.07. The van der Waals surface area contributed by atoms with Gasteiger partial charge in [0.1, 0.15) is 0 Å². The molecule has 0 bridgehead atoms. The van der Waals surface area contributed by atoms with Crippen LogP contribution in [0.4, 0.5) is 15.3 Å². The molecule has 2 saturated heterocycles. The SMILES string of the molecule is CC(C)(C)N(C(=O)O)C1CN(c2c(Cl)cccc2/C=C2\SC(=O)NC2=O)CCC1O. The Bertz CT molecular complexity index is 914. The molecule has 0 spiro atoms. The van der Waals surface area contributed by atoms with Crippen LogP contribution in [-0.4, -0.2) is 63.1 Å². The minimum atomic E-state index is -1.10. The number of aliphatic hydroxyl groups excluding tert-OH is 1. The van der Waals surface area contributed by atoms with Gasteiger partial charge in [-0.3, -0.25) is 19.8 Å². The molecule has 8 nitrogen and oxygen atoms in total. The van der Waals surface area contributed by atoms with Crippen molar-refractivity contribution in [1.29, 1.82) is 0 Å². The number of carbonyl (C=O) groups is 3. The highest BCUT2D eigenvalue weighted by atomic mass is 35.5. The van der Waals surface area contributed by atoms with Gasteiger partial charge < -0.3 is 15.1 Å². The fourth-order valence-electron chi connectivity index (χ4n) is 3.85. The Morgan fingerprint density at radius 2 is 2.07 bits per heavy atom. The Labute approximate surface area is 183 Å². The molecular weight excluding hydrogens is 430 g/mol. The second kappa shape index (κ2) is 8.49. The zero-order chi connectivity index (χ0) is 22.2. The van der Waals surface area contributed by atoms with Crippen molar-refractivity contribution in [2.24, 2.45) is 0 Å². The normalized spacial score (nSPS) is 23.6. The summed E-state index contributed by atoms with van der Waals surface area (Å²) in [5.41, 5.74) is 0.572. The summed E-state index contributed by atoms with van der Waals surface area (Å²) in [4.78, 5) is 38.9. The molecule has 0 aromatic heterocycles. The first-order valence-electron chi connectivity index (χ1n) is 9.47. The van der Waals surface area contributed by atoms with Gasteiger partial charge in [-0.1, -0.05) is 23.7 Å². The number of para-hydroxylation sites is 1. The summed E-state index contributed by atoms with van der Waals surface area (Å²) in [5.74, 6) is -0.465. The molecule has 2 aliphatic rings. The summed E-state index contributed by atoms with van der Waals surface area (Å²) in [6, 6.07) is 4.58. The van der Waals surface area contributed by atoms with Gasteiger partial charge in [0.2, 0.25) is 0 Å². The van der Waals surface area contributed by atoms with Crippen LogP contribution in [0.2, 0.25) is 5.02 Å². The van der Waals surface area contributed by atoms with E-state index in [0.29, 0.717) is 29.2 Å². The third kappa shape index (κ3) is 4.58. The van der Waals surface area contributed by atoms with Crippen molar-refractivity contribution in [3.63, 3.8) is 0 Å². The number of piperidine rings is 1. The lowest BCUT2D eigenvalue weighted by Crippen LogP contribution is -2.62. The van der Waals surface area contributed by atoms with Gasteiger partial charge in [0, 0.05) is 24.2 Å². The monoisotopic (exact) mass is 453 g/mol. The van der Waals surface area contributed by atoms with E-state index in [4.69, 9.17) is 11.6 Å². The lowest BCUT2D eigenvalue weighted by molar-refractivity contribution is -0.115. The molecule has 10 heteroatoms. The number of imide groups is 1. The number of halogens is 1. The highest BCUT2D eigenvalue weighted by molar-refractivity contribution is 8.18. The van der Waals surface area contributed by atoms with Crippen molar-refractivity contribution in [3.05, 3.63) is 33.7 Å². The lowest BCUT2D eigenvalue weighted by Gasteiger charge is -2.47. The number of amides is 3. The molecule has 2 atom stereocenters. The van der Waals surface area contributed by atoms with Gasteiger partial charge in [0.05, 0.1) is 27.8 Å². The molecule has 0 radical (unpaired) electrons. The van der Waals surface area contributed by atoms with Crippen LogP contribution in [0.25, 0.3) is 6.08 Å². The van der Waals surface area contributed by atoms with E-state index < -0.39 is 34.9 Å². The van der Waals surface area contributed by atoms with E-state index in [9.17, 15) is 24.6 Å². The lowest BCUT2D eigenvalue weighted by atomic mass is 9.94. The zero-order valence-corrected chi connectivity index (χ0v) is 18.5. The quantitative estimate of drug-likeness (QED) is 0.601. The standard InChI is InChI=1S/C20H24ClN3O5S/c1-20(2,3)24(19(28)29)13-10-23(8-7-14(13)25)16-11(5-4-6-12(16)21)9-15-17(26)22-18(27)30-15/h4-6,9,13-14,25H,7-8,10H2,1-3H3,(H,28,29)(H,22,26,27)/b15-9-. The van der Waals surface area contributed by atoms with Crippen molar-refractivity contribution in [2.75, 3.05) is 18.0 Å². The fourth-order valence-corrected chi connectivity index (χ4v) is 4.82. The molecule has 3 rings (SSSR count). The zero-order valence-electron chi connectivity index (χ0n) is 16.9. The predicted molar refractivity (Wildman–Crippen MR) is 117 cm³/mol. The highest BCUT2D eigenvalue weighted by Crippen LogP contribution is 2.37. The van der Waals surface area contributed by atoms with Crippen LogP contribution < -0.4 is 10.2 Å². The van der Waals surface area contributed by atoms with E-state index in [1.165, 1.54) is 4.90 Å². The van der Waals surface area contributed by atoms with E-state index in [1.807, 2.05) is 4.90 Å². The first-order chi connectivity index (χ1) is 14.0. The molecule has 30 heavy (non-hydrogen) atoms. The molecular formula is C20H24ClN3O5S. The van der Waals surface area contributed by atoms with Crippen LogP contribution in [0.15, 0.2) is 23.1 Å². The minimum Gasteiger partial charge on any atom is -0.465 e. The number of aliphatic hydroxyl groups is 1. The number of hydrogen-bond donors (Lipinski definition) is 3. The highest BCUT2D eigenvalue weighted by Gasteiger charge is 2.41. The number of carbonyl (C=O) groups excluding carboxylic acids is 2. The maximum absolute atomic E-state index is 12.0. The first kappa shape index (κ1) is 22.5. The van der Waals surface area contributed by atoms with E-state index in [2.05, 4.69) is 5.32 Å². The van der Waals surface area contributed by atoms with Gasteiger partial charge in [-0.2, -0.15) is 0 Å². The van der Waals surface area contributed by atoms with Crippen molar-refractivity contribution < 1.29 is 24.6 Å². The second-order valence-electron chi connectivity index (χ2n) is 8.22. The Morgan fingerprint density at radius 1 is 1.37 bits per heavy atom. The van der Waals surface area contributed by atoms with Gasteiger partial charge in [-0.05, 0) is 51.1 Å². The van der Waals surface area contributed by atoms with Crippen LogP contribution in [0, 0.1) is 0 Å². The maximum atomic E-state index is 12.0. The predicted octanol–water partition coefficient (Wildman–Crippen LogP) is 3.38. The fraction of sp³-hybridized carbons (Fsp3) is 0.450. The molecule has 3 amide bonds. The summed E-state index contributed by atoms with van der Waals surface area (Å²) in [6.07, 6.45) is 0.0479. The molecule has 162 valence electrons. The molecule has 3 N–H and O–H groups in total. The van der Waals surface area contributed by atoms with Gasteiger partial charge in [-0.25, -0.2) is 4.79 Å². The summed E-state index contributed by atoms with van der Waals surface area (Å²) in [6.45, 7) is 6.05. The summed E-state index contributed by atoms with van der Waals surface area (Å²) >= 11 is 7.31. The van der Waals surface area contributed by atoms with E-state index in [1.54, 1.807) is 45.0 Å². The van der Waals surface area contributed by atoms with Gasteiger partial charge in [-0.15, -0.1) is 0 Å². The average molecular weight is 454 g/mol. The van der Waals surface area contributed by atoms with Crippen molar-refractivity contribution in [1.82, 2.24) is 10.2 Å². The minimum absolute atomic E-state index is 0.239. The Hall–Kier alpha value is -2.23. The largest absolute Gasteiger partial charge is 0.465 e. The van der Waals surface area contributed by atoms with Gasteiger partial charge in [0.25, 0.3) is 11.1 Å². The van der Waals surface area contributed by atoms with E-state index >= 15 is 0 Å². The van der Waals surface area contributed by atoms with E-state index in [-0.39, 0.29) is 11.4 Å². The smallest absolute Gasteiger partial charge is 0.408 e. The number of benzene rings is 1. The third-order valence-corrected chi connectivity index (χ3v) is 6.19. The molecule has 2 fully saturated rings. The van der Waals surface area contributed by atoms with Crippen LogP contribution in [-0.2, 0) is 4.79 Å². The molecule has 1 aromatic rings. The van der Waals surface area contributed by atoms with Crippen molar-refractivity contribution >= 4 is 52.4 Å². The number of nitrogens with zero attached hydrogens (tertiary/aromatic N) is 2. The van der Waals surface area contributed by atoms with E-state index in [0.717, 1.165) is 11.8 Å². The summed E-state index contributed by atoms with van der Waals surface area (Å²) in [5, 5.41) is 22.6. The molecule has 2 heterocycles. The van der Waals surface area contributed by atoms with Gasteiger partial charge >= 0.3 is 6.09 Å². The number of thioether (sulfide) groups is 1. The Morgan fingerprint density at radius 3 is 2.63 bits per heavy atom. The number of nitrogens with one attached hydrogen (secondary N) is 1. The Balaban J connectivity index is 1.98. The Kier molecular flexibility index (Phi) is 6.35. The molecule has 0 saturated carbocycles. The topological polar surface area (TPSA) is 110 Å². The number of hydrogen-bond acceptors (Lipinski definition) is 6. The number of carboxylic acid groups (broad SMARTS) is 1. The van der Waals surface area contributed by atoms with Crippen molar-refractivity contribution in [3.8, 4) is 0 Å². The summed E-state index contributed by atoms with van der Waals surface area (Å²) < 4.78 is 0. The van der Waals surface area contributed by atoms with Crippen molar-refractivity contribution in [2.45, 2.75) is 44.9 Å². The first-order valence-corrected chi connectivity index (χ1v) is 10.7. The molecule has 2 aliphatic heterocycles. The number of rotatable bonds is 3. The van der Waals surface area contributed by atoms with Crippen LogP contribution >= 0.6 is 23.4 Å². The molecule has 0 aliphatic carbocycles. The van der Waals surface area contributed by atoms with Gasteiger partial charge in [0.15, 0.2) is 0 Å². The summed E-state index contributed by atoms with van der Waals surface area (Å²) in [7, 11) is 0. The molecule has 1 aromatic carbocycles. The maximum Gasteiger partial charge on any atom is 0.408 e. The van der Waals surface area contributed by atoms with Crippen LogP contribution in [0.3, 0.4) is 0 Å². The number of anilines is 1.